The Morgan fingerprint density at radius 2 is 2.64 bits per heavy atom. The molecule has 1 aliphatic heterocycles. The highest BCUT2D eigenvalue weighted by molar-refractivity contribution is 8.00. The maximum absolute atomic E-state index is 10.5. The Morgan fingerprint density at radius 3 is 3.21 bits per heavy atom. The third kappa shape index (κ3) is 2.09. The van der Waals surface area contributed by atoms with Crippen molar-refractivity contribution in [2.24, 2.45) is 0 Å². The van der Waals surface area contributed by atoms with E-state index in [0.29, 0.717) is 11.0 Å². The van der Waals surface area contributed by atoms with E-state index in [2.05, 4.69) is 5.16 Å². The lowest BCUT2D eigenvalue weighted by atomic mass is 10.1. The van der Waals surface area contributed by atoms with Crippen LogP contribution in [0.25, 0.3) is 0 Å². The van der Waals surface area contributed by atoms with E-state index in [1.54, 1.807) is 0 Å². The summed E-state index contributed by atoms with van der Waals surface area (Å²) in [6.07, 6.45) is 3.23. The van der Waals surface area contributed by atoms with Gasteiger partial charge in [-0.05, 0) is 18.6 Å². The minimum atomic E-state index is -1.03. The largest absolute Gasteiger partial charge is 0.476 e. The van der Waals surface area contributed by atoms with Gasteiger partial charge in [0.15, 0.2) is 5.69 Å². The Hall–Kier alpha value is -0.970. The zero-order valence-electron chi connectivity index (χ0n) is 7.60. The van der Waals surface area contributed by atoms with Gasteiger partial charge in [-0.3, -0.25) is 0 Å². The molecular weight excluding hydrogens is 202 g/mol. The molecule has 0 radical (unpaired) electrons. The van der Waals surface area contributed by atoms with Crippen LogP contribution in [-0.4, -0.2) is 27.2 Å². The molecule has 2 rings (SSSR count). The molecule has 1 N–H and O–H groups in total. The smallest absolute Gasteiger partial charge is 0.358 e. The number of hydrogen-bond donors (Lipinski definition) is 1. The van der Waals surface area contributed by atoms with Crippen molar-refractivity contribution in [2.45, 2.75) is 24.5 Å². The lowest BCUT2D eigenvalue weighted by molar-refractivity contribution is 0.0685. The number of nitrogens with zero attached hydrogens (tertiary/aromatic N) is 1. The molecule has 1 fully saturated rings. The van der Waals surface area contributed by atoms with Crippen LogP contribution in [0.3, 0.4) is 0 Å². The van der Waals surface area contributed by atoms with Crippen molar-refractivity contribution in [1.82, 2.24) is 5.16 Å². The summed E-state index contributed by atoms with van der Waals surface area (Å²) in [5.41, 5.74) is 0.00277. The lowest BCUT2D eigenvalue weighted by Crippen LogP contribution is -2.00. The number of thioether (sulfide) groups is 1. The number of aromatic carboxylic acids is 1. The van der Waals surface area contributed by atoms with Crippen molar-refractivity contribution in [3.05, 3.63) is 17.5 Å². The van der Waals surface area contributed by atoms with Crippen molar-refractivity contribution in [2.75, 3.05) is 5.75 Å². The zero-order valence-corrected chi connectivity index (χ0v) is 8.42. The van der Waals surface area contributed by atoms with Gasteiger partial charge in [-0.2, -0.15) is 11.8 Å². The maximum Gasteiger partial charge on any atom is 0.358 e. The Kier molecular flexibility index (Phi) is 2.77. The molecule has 0 amide bonds. The fraction of sp³-hybridized carbons (Fsp3) is 0.556. The zero-order chi connectivity index (χ0) is 9.97. The average Bonchev–Trinajstić information content (AvgIpc) is 2.75. The average molecular weight is 213 g/mol. The van der Waals surface area contributed by atoms with E-state index in [9.17, 15) is 4.79 Å². The third-order valence-corrected chi connectivity index (χ3v) is 3.63. The summed E-state index contributed by atoms with van der Waals surface area (Å²) < 4.78 is 4.94. The van der Waals surface area contributed by atoms with Crippen LogP contribution in [0.1, 0.15) is 29.1 Å². The second kappa shape index (κ2) is 4.04. The highest BCUT2D eigenvalue weighted by Gasteiger charge is 2.19. The molecule has 0 bridgehead atoms. The van der Waals surface area contributed by atoms with Gasteiger partial charge in [-0.25, -0.2) is 4.79 Å². The molecule has 1 aromatic rings. The first-order chi connectivity index (χ1) is 6.75. The molecule has 1 saturated heterocycles. The van der Waals surface area contributed by atoms with Gasteiger partial charge in [0.25, 0.3) is 0 Å². The monoisotopic (exact) mass is 213 g/mol. The summed E-state index contributed by atoms with van der Waals surface area (Å²) in [7, 11) is 0. The molecule has 0 saturated carbocycles. The number of rotatable bonds is 3. The molecule has 2 heterocycles. The van der Waals surface area contributed by atoms with Gasteiger partial charge in [0, 0.05) is 17.7 Å². The predicted octanol–water partition coefficient (Wildman–Crippen LogP) is 1.81. The number of carboxylic acid groups (broad SMARTS) is 1. The first kappa shape index (κ1) is 9.58. The maximum atomic E-state index is 10.5. The van der Waals surface area contributed by atoms with Crippen molar-refractivity contribution < 1.29 is 14.4 Å². The molecule has 1 aliphatic rings. The van der Waals surface area contributed by atoms with Crippen LogP contribution in [0.5, 0.6) is 0 Å². The number of hydrogen-bond acceptors (Lipinski definition) is 4. The van der Waals surface area contributed by atoms with Crippen molar-refractivity contribution in [1.29, 1.82) is 0 Å². The second-order valence-corrected chi connectivity index (χ2v) is 4.73. The number of aromatic nitrogens is 1. The molecular formula is C9H11NO3S. The van der Waals surface area contributed by atoms with Crippen LogP contribution in [0.15, 0.2) is 10.6 Å². The van der Waals surface area contributed by atoms with Gasteiger partial charge >= 0.3 is 5.97 Å². The van der Waals surface area contributed by atoms with Crippen molar-refractivity contribution in [3.63, 3.8) is 0 Å². The summed E-state index contributed by atoms with van der Waals surface area (Å²) in [6.45, 7) is 0. The van der Waals surface area contributed by atoms with Gasteiger partial charge in [0.1, 0.15) is 5.76 Å². The standard InChI is InChI=1S/C9H11NO3S/c11-9(12)8-5-6(13-10-8)4-7-2-1-3-14-7/h5,7H,1-4H2,(H,11,12). The van der Waals surface area contributed by atoms with Gasteiger partial charge in [0.05, 0.1) is 0 Å². The van der Waals surface area contributed by atoms with Crippen LogP contribution in [0.2, 0.25) is 0 Å². The van der Waals surface area contributed by atoms with Crippen molar-refractivity contribution in [3.8, 4) is 0 Å². The lowest BCUT2D eigenvalue weighted by Gasteiger charge is -2.02. The fourth-order valence-corrected chi connectivity index (χ4v) is 2.82. The molecule has 76 valence electrons. The minimum Gasteiger partial charge on any atom is -0.476 e. The van der Waals surface area contributed by atoms with E-state index in [-0.39, 0.29) is 5.69 Å². The molecule has 0 spiro atoms. The van der Waals surface area contributed by atoms with E-state index in [1.807, 2.05) is 11.8 Å². The fourth-order valence-electron chi connectivity index (χ4n) is 1.54. The van der Waals surface area contributed by atoms with Gasteiger partial charge in [-0.1, -0.05) is 5.16 Å². The summed E-state index contributed by atoms with van der Waals surface area (Å²) in [4.78, 5) is 10.5. The van der Waals surface area contributed by atoms with E-state index in [0.717, 1.165) is 6.42 Å². The Balaban J connectivity index is 1.98. The van der Waals surface area contributed by atoms with Gasteiger partial charge < -0.3 is 9.63 Å². The number of carboxylic acids is 1. The molecule has 1 unspecified atom stereocenters. The SMILES string of the molecule is O=C(O)c1cc(CC2CCCS2)on1. The highest BCUT2D eigenvalue weighted by Crippen LogP contribution is 2.29. The second-order valence-electron chi connectivity index (χ2n) is 3.32. The Labute approximate surface area is 85.7 Å². The predicted molar refractivity (Wildman–Crippen MR) is 52.6 cm³/mol. The topological polar surface area (TPSA) is 63.3 Å². The van der Waals surface area contributed by atoms with Crippen LogP contribution in [0.4, 0.5) is 0 Å². The van der Waals surface area contributed by atoms with Crippen LogP contribution in [-0.2, 0) is 6.42 Å². The quantitative estimate of drug-likeness (QED) is 0.829. The molecule has 0 aromatic carbocycles. The third-order valence-electron chi connectivity index (χ3n) is 2.23. The van der Waals surface area contributed by atoms with Gasteiger partial charge in [-0.15, -0.1) is 0 Å². The van der Waals surface area contributed by atoms with Crippen LogP contribution in [0, 0.1) is 0 Å². The minimum absolute atomic E-state index is 0.00277. The summed E-state index contributed by atoms with van der Waals surface area (Å²) in [6, 6.07) is 1.52. The normalized spacial score (nSPS) is 21.3. The Bertz CT molecular complexity index is 331. The highest BCUT2D eigenvalue weighted by atomic mass is 32.2. The van der Waals surface area contributed by atoms with E-state index >= 15 is 0 Å². The van der Waals surface area contributed by atoms with Crippen molar-refractivity contribution >= 4 is 17.7 Å². The van der Waals surface area contributed by atoms with Crippen LogP contribution >= 0.6 is 11.8 Å². The molecule has 0 aliphatic carbocycles. The Morgan fingerprint density at radius 1 is 1.79 bits per heavy atom. The summed E-state index contributed by atoms with van der Waals surface area (Å²) in [5, 5.41) is 12.7. The molecule has 14 heavy (non-hydrogen) atoms. The molecule has 4 nitrogen and oxygen atoms in total. The molecule has 5 heteroatoms. The van der Waals surface area contributed by atoms with Crippen LogP contribution < -0.4 is 0 Å². The van der Waals surface area contributed by atoms with E-state index < -0.39 is 5.97 Å². The summed E-state index contributed by atoms with van der Waals surface area (Å²) >= 11 is 1.92. The van der Waals surface area contributed by atoms with Gasteiger partial charge in [0.2, 0.25) is 0 Å². The first-order valence-corrected chi connectivity index (χ1v) is 5.61. The van der Waals surface area contributed by atoms with E-state index in [4.69, 9.17) is 9.63 Å². The molecule has 1 atom stereocenters. The number of carbonyl (C=O) groups is 1. The first-order valence-electron chi connectivity index (χ1n) is 4.56. The van der Waals surface area contributed by atoms with E-state index in [1.165, 1.54) is 24.7 Å². The molecule has 1 aromatic heterocycles. The summed E-state index contributed by atoms with van der Waals surface area (Å²) in [5.74, 6) is 0.853.